The van der Waals surface area contributed by atoms with Crippen LogP contribution in [0.2, 0.25) is 0 Å². The number of rotatable bonds is 3. The van der Waals surface area contributed by atoms with Gasteiger partial charge in [-0.25, -0.2) is 4.39 Å². The summed E-state index contributed by atoms with van der Waals surface area (Å²) in [6.07, 6.45) is 0.557. The maximum absolute atomic E-state index is 13.1. The van der Waals surface area contributed by atoms with Gasteiger partial charge in [0.15, 0.2) is 0 Å². The van der Waals surface area contributed by atoms with E-state index < -0.39 is 11.6 Å². The van der Waals surface area contributed by atoms with Crippen LogP contribution in [0.5, 0.6) is 0 Å². The van der Waals surface area contributed by atoms with Gasteiger partial charge in [0, 0.05) is 12.1 Å². The lowest BCUT2D eigenvalue weighted by Crippen LogP contribution is -2.61. The number of hydrogen-bond acceptors (Lipinski definition) is 3. The molecule has 0 unspecified atom stereocenters. The Hall–Kier alpha value is -2.24. The molecule has 0 bridgehead atoms. The molecule has 2 N–H and O–H groups in total. The number of carbonyl (C=O) groups excluding carboxylic acids is 1. The van der Waals surface area contributed by atoms with Crippen molar-refractivity contribution in [3.05, 3.63) is 71.5 Å². The molecule has 25 heavy (non-hydrogen) atoms. The molecule has 0 aromatic heterocycles. The zero-order valence-corrected chi connectivity index (χ0v) is 14.4. The van der Waals surface area contributed by atoms with Gasteiger partial charge < -0.3 is 10.4 Å². The molecule has 5 heteroatoms. The van der Waals surface area contributed by atoms with E-state index in [2.05, 4.69) is 10.2 Å². The second-order valence-corrected chi connectivity index (χ2v) is 6.90. The summed E-state index contributed by atoms with van der Waals surface area (Å²) in [7, 11) is 1.99. The van der Waals surface area contributed by atoms with Crippen molar-refractivity contribution in [3.8, 4) is 0 Å². The predicted octanol–water partition coefficient (Wildman–Crippen LogP) is 2.75. The fraction of sp³-hybridized carbons (Fsp3) is 0.350. The summed E-state index contributed by atoms with van der Waals surface area (Å²) < 4.78 is 13.1. The highest BCUT2D eigenvalue weighted by Crippen LogP contribution is 2.36. The fourth-order valence-electron chi connectivity index (χ4n) is 3.45. The summed E-state index contributed by atoms with van der Waals surface area (Å²) >= 11 is 0. The number of nitrogens with zero attached hydrogens (tertiary/aromatic N) is 1. The Morgan fingerprint density at radius 2 is 1.84 bits per heavy atom. The van der Waals surface area contributed by atoms with Crippen LogP contribution in [0.25, 0.3) is 0 Å². The second-order valence-electron chi connectivity index (χ2n) is 6.90. The van der Waals surface area contributed by atoms with Gasteiger partial charge in [0.2, 0.25) is 0 Å². The number of piperidine rings is 1. The lowest BCUT2D eigenvalue weighted by Gasteiger charge is -2.48. The molecule has 2 aromatic carbocycles. The Morgan fingerprint density at radius 1 is 1.20 bits per heavy atom. The molecule has 1 amide bonds. The zero-order chi connectivity index (χ0) is 18.0. The molecular formula is C20H23FN2O2. The van der Waals surface area contributed by atoms with Gasteiger partial charge in [-0.15, -0.1) is 0 Å². The Morgan fingerprint density at radius 3 is 2.48 bits per heavy atom. The SMILES string of the molecule is CN1CC[C@@](C)(O)[C@@H](NC(=O)c2ccc(F)cc2)[C@@H]1c1ccccc1. The van der Waals surface area contributed by atoms with Crippen molar-refractivity contribution in [1.82, 2.24) is 10.2 Å². The summed E-state index contributed by atoms with van der Waals surface area (Å²) in [5.74, 6) is -0.704. The Balaban J connectivity index is 1.90. The number of benzene rings is 2. The number of hydrogen-bond donors (Lipinski definition) is 2. The smallest absolute Gasteiger partial charge is 0.251 e. The molecule has 1 fully saturated rings. The van der Waals surface area contributed by atoms with Crippen LogP contribution in [0.15, 0.2) is 54.6 Å². The Kier molecular flexibility index (Phi) is 4.88. The van der Waals surface area contributed by atoms with E-state index in [4.69, 9.17) is 0 Å². The van der Waals surface area contributed by atoms with Crippen LogP contribution < -0.4 is 5.32 Å². The van der Waals surface area contributed by atoms with E-state index >= 15 is 0 Å². The molecule has 3 atom stereocenters. The van der Waals surface area contributed by atoms with E-state index in [1.807, 2.05) is 37.4 Å². The highest BCUT2D eigenvalue weighted by molar-refractivity contribution is 5.94. The molecule has 2 aromatic rings. The third-order valence-electron chi connectivity index (χ3n) is 4.97. The minimum absolute atomic E-state index is 0.144. The third-order valence-corrected chi connectivity index (χ3v) is 4.97. The number of nitrogens with one attached hydrogen (secondary N) is 1. The third kappa shape index (κ3) is 3.72. The molecule has 3 rings (SSSR count). The van der Waals surface area contributed by atoms with Crippen LogP contribution in [0.3, 0.4) is 0 Å². The van der Waals surface area contributed by atoms with E-state index in [0.717, 1.165) is 12.1 Å². The first kappa shape index (κ1) is 17.6. The van der Waals surface area contributed by atoms with Gasteiger partial charge in [0.05, 0.1) is 17.7 Å². The molecule has 1 aliphatic heterocycles. The van der Waals surface area contributed by atoms with Crippen LogP contribution in [0.4, 0.5) is 4.39 Å². The van der Waals surface area contributed by atoms with E-state index in [9.17, 15) is 14.3 Å². The fourth-order valence-corrected chi connectivity index (χ4v) is 3.45. The molecule has 0 spiro atoms. The van der Waals surface area contributed by atoms with Crippen molar-refractivity contribution >= 4 is 5.91 Å². The number of likely N-dealkylation sites (N-methyl/N-ethyl adjacent to an activating group) is 1. The average Bonchev–Trinajstić information content (AvgIpc) is 2.60. The van der Waals surface area contributed by atoms with Crippen molar-refractivity contribution in [2.24, 2.45) is 0 Å². The molecule has 0 aliphatic carbocycles. The Labute approximate surface area is 147 Å². The Bertz CT molecular complexity index is 731. The maximum atomic E-state index is 13.1. The second kappa shape index (κ2) is 6.94. The van der Waals surface area contributed by atoms with Gasteiger partial charge in [0.25, 0.3) is 5.91 Å². The first-order valence-electron chi connectivity index (χ1n) is 8.42. The van der Waals surface area contributed by atoms with E-state index in [-0.39, 0.29) is 17.8 Å². The van der Waals surface area contributed by atoms with E-state index in [1.54, 1.807) is 6.92 Å². The van der Waals surface area contributed by atoms with Crippen LogP contribution in [0.1, 0.15) is 35.3 Å². The van der Waals surface area contributed by atoms with E-state index in [1.165, 1.54) is 24.3 Å². The number of carbonyl (C=O) groups is 1. The maximum Gasteiger partial charge on any atom is 0.251 e. The van der Waals surface area contributed by atoms with Crippen LogP contribution >= 0.6 is 0 Å². The summed E-state index contributed by atoms with van der Waals surface area (Å²) in [5, 5.41) is 13.9. The summed E-state index contributed by atoms with van der Waals surface area (Å²) in [4.78, 5) is 14.8. The molecule has 4 nitrogen and oxygen atoms in total. The molecular weight excluding hydrogens is 319 g/mol. The minimum atomic E-state index is -1.04. The van der Waals surface area contributed by atoms with Gasteiger partial charge in [-0.1, -0.05) is 30.3 Å². The molecule has 0 radical (unpaired) electrons. The first-order chi connectivity index (χ1) is 11.9. The topological polar surface area (TPSA) is 52.6 Å². The number of aliphatic hydroxyl groups is 1. The number of amides is 1. The van der Waals surface area contributed by atoms with E-state index in [0.29, 0.717) is 12.0 Å². The highest BCUT2D eigenvalue weighted by Gasteiger charge is 2.45. The lowest BCUT2D eigenvalue weighted by molar-refractivity contribution is -0.0566. The average molecular weight is 342 g/mol. The number of likely N-dealkylation sites (tertiary alicyclic amines) is 1. The van der Waals surface area contributed by atoms with Gasteiger partial charge in [-0.3, -0.25) is 9.69 Å². The molecule has 132 valence electrons. The van der Waals surface area contributed by atoms with Gasteiger partial charge in [-0.2, -0.15) is 0 Å². The van der Waals surface area contributed by atoms with Crippen molar-refractivity contribution < 1.29 is 14.3 Å². The van der Waals surface area contributed by atoms with Crippen molar-refractivity contribution in [1.29, 1.82) is 0 Å². The zero-order valence-electron chi connectivity index (χ0n) is 14.4. The van der Waals surface area contributed by atoms with Crippen molar-refractivity contribution in [2.45, 2.75) is 31.0 Å². The van der Waals surface area contributed by atoms with Crippen LogP contribution in [0, 0.1) is 5.82 Å². The quantitative estimate of drug-likeness (QED) is 0.902. The molecule has 1 saturated heterocycles. The molecule has 1 aliphatic rings. The predicted molar refractivity (Wildman–Crippen MR) is 94.7 cm³/mol. The van der Waals surface area contributed by atoms with Gasteiger partial charge >= 0.3 is 0 Å². The minimum Gasteiger partial charge on any atom is -0.388 e. The molecule has 1 heterocycles. The van der Waals surface area contributed by atoms with Crippen molar-refractivity contribution in [2.75, 3.05) is 13.6 Å². The summed E-state index contributed by atoms with van der Waals surface area (Å²) in [6.45, 7) is 2.49. The lowest BCUT2D eigenvalue weighted by atomic mass is 9.80. The number of halogens is 1. The largest absolute Gasteiger partial charge is 0.388 e. The highest BCUT2D eigenvalue weighted by atomic mass is 19.1. The normalized spacial score (nSPS) is 27.0. The summed E-state index contributed by atoms with van der Waals surface area (Å²) in [6, 6.07) is 14.6. The standard InChI is InChI=1S/C20H23FN2O2/c1-20(25)12-13-23(2)17(14-6-4-3-5-7-14)18(20)22-19(24)15-8-10-16(21)11-9-15/h3-11,17-18,25H,12-13H2,1-2H3,(H,22,24)/t17-,18-,20+/m0/s1. The van der Waals surface area contributed by atoms with Gasteiger partial charge in [0.1, 0.15) is 5.82 Å². The van der Waals surface area contributed by atoms with Crippen molar-refractivity contribution in [3.63, 3.8) is 0 Å². The summed E-state index contributed by atoms with van der Waals surface area (Å²) in [5.41, 5.74) is 0.370. The first-order valence-corrected chi connectivity index (χ1v) is 8.42. The monoisotopic (exact) mass is 342 g/mol. The molecule has 0 saturated carbocycles. The van der Waals surface area contributed by atoms with Gasteiger partial charge in [-0.05, 0) is 50.2 Å². The van der Waals surface area contributed by atoms with Crippen LogP contribution in [-0.2, 0) is 0 Å². The van der Waals surface area contributed by atoms with Crippen LogP contribution in [-0.4, -0.2) is 41.1 Å².